The molecule has 0 spiro atoms. The van der Waals surface area contributed by atoms with Gasteiger partial charge < -0.3 is 0 Å². The zero-order chi connectivity index (χ0) is 14.1. The fourth-order valence-corrected chi connectivity index (χ4v) is 4.79. The molecule has 0 amide bonds. The third-order valence-electron chi connectivity index (χ3n) is 3.84. The van der Waals surface area contributed by atoms with Gasteiger partial charge in [-0.25, -0.2) is 9.67 Å². The maximum atomic E-state index is 4.65. The molecule has 1 aliphatic rings. The number of hydrogen-bond donors (Lipinski definition) is 0. The summed E-state index contributed by atoms with van der Waals surface area (Å²) in [4.78, 5) is 4.65. The molecular formula is C14H15N5S2. The fraction of sp³-hybridized carbons (Fsp3) is 0.429. The summed E-state index contributed by atoms with van der Waals surface area (Å²) >= 11 is 3.27. The van der Waals surface area contributed by atoms with Crippen molar-refractivity contribution >= 4 is 33.3 Å². The monoisotopic (exact) mass is 317 g/mol. The molecule has 1 aliphatic carbocycles. The zero-order valence-corrected chi connectivity index (χ0v) is 13.1. The average Bonchev–Trinajstić information content (AvgIpc) is 3.14. The van der Waals surface area contributed by atoms with E-state index < -0.39 is 0 Å². The Hall–Kier alpha value is -1.47. The molecule has 3 aromatic rings. The number of benzene rings is 1. The molecule has 2 aromatic heterocycles. The second kappa shape index (κ2) is 5.73. The van der Waals surface area contributed by atoms with Crippen molar-refractivity contribution in [3.63, 3.8) is 0 Å². The highest BCUT2D eigenvalue weighted by molar-refractivity contribution is 8.01. The predicted molar refractivity (Wildman–Crippen MR) is 83.7 cm³/mol. The van der Waals surface area contributed by atoms with Crippen LogP contribution in [0.1, 0.15) is 38.1 Å². The standard InChI is InChI=1S/C14H15N5S2/c1-2-6-10(7-3-1)19-13(16-17-18-19)21-14-15-11-8-4-5-9-12(11)20-14/h4-5,8-10H,1-3,6-7H2. The quantitative estimate of drug-likeness (QED) is 0.732. The first kappa shape index (κ1) is 13.2. The van der Waals surface area contributed by atoms with Crippen molar-refractivity contribution in [1.29, 1.82) is 0 Å². The van der Waals surface area contributed by atoms with Gasteiger partial charge >= 0.3 is 0 Å². The first-order valence-electron chi connectivity index (χ1n) is 7.21. The van der Waals surface area contributed by atoms with E-state index in [1.807, 2.05) is 22.9 Å². The Kier molecular flexibility index (Phi) is 3.60. The molecule has 0 atom stereocenters. The van der Waals surface area contributed by atoms with Crippen LogP contribution in [-0.4, -0.2) is 25.2 Å². The van der Waals surface area contributed by atoms with Gasteiger partial charge in [0, 0.05) is 0 Å². The first-order valence-corrected chi connectivity index (χ1v) is 8.85. The van der Waals surface area contributed by atoms with E-state index in [9.17, 15) is 0 Å². The van der Waals surface area contributed by atoms with Crippen LogP contribution in [0.25, 0.3) is 10.2 Å². The summed E-state index contributed by atoms with van der Waals surface area (Å²) in [7, 11) is 0. The fourth-order valence-electron chi connectivity index (χ4n) is 2.78. The predicted octanol–water partition coefficient (Wildman–Crippen LogP) is 3.94. The molecule has 0 aliphatic heterocycles. The second-order valence-corrected chi connectivity index (χ2v) is 7.49. The number of para-hydroxylation sites is 1. The molecule has 2 heterocycles. The van der Waals surface area contributed by atoms with Gasteiger partial charge in [0.05, 0.1) is 16.3 Å². The Labute approximate surface area is 130 Å². The third-order valence-corrected chi connectivity index (χ3v) is 5.88. The van der Waals surface area contributed by atoms with Crippen molar-refractivity contribution in [3.05, 3.63) is 24.3 Å². The zero-order valence-electron chi connectivity index (χ0n) is 11.5. The number of nitrogens with zero attached hydrogens (tertiary/aromatic N) is 5. The minimum atomic E-state index is 0.450. The van der Waals surface area contributed by atoms with E-state index in [1.165, 1.54) is 36.8 Å². The molecule has 1 saturated carbocycles. The molecule has 0 unspecified atom stereocenters. The molecule has 5 nitrogen and oxygen atoms in total. The van der Waals surface area contributed by atoms with Crippen LogP contribution in [0.5, 0.6) is 0 Å². The summed E-state index contributed by atoms with van der Waals surface area (Å²) in [5, 5.41) is 13.1. The van der Waals surface area contributed by atoms with Crippen LogP contribution >= 0.6 is 23.1 Å². The van der Waals surface area contributed by atoms with Gasteiger partial charge in [-0.2, -0.15) is 0 Å². The summed E-state index contributed by atoms with van der Waals surface area (Å²) in [5.74, 6) is 0. The summed E-state index contributed by atoms with van der Waals surface area (Å²) in [6, 6.07) is 8.65. The van der Waals surface area contributed by atoms with Crippen LogP contribution in [-0.2, 0) is 0 Å². The van der Waals surface area contributed by atoms with Gasteiger partial charge in [-0.3, -0.25) is 0 Å². The lowest BCUT2D eigenvalue weighted by atomic mass is 9.96. The van der Waals surface area contributed by atoms with Gasteiger partial charge in [-0.15, -0.1) is 16.4 Å². The van der Waals surface area contributed by atoms with E-state index in [4.69, 9.17) is 0 Å². The Morgan fingerprint density at radius 3 is 2.86 bits per heavy atom. The molecule has 0 N–H and O–H groups in total. The SMILES string of the molecule is c1ccc2sc(Sc3nnnn3C3CCCCC3)nc2c1. The van der Waals surface area contributed by atoms with Crippen molar-refractivity contribution < 1.29 is 0 Å². The van der Waals surface area contributed by atoms with Crippen molar-refractivity contribution in [1.82, 2.24) is 25.2 Å². The Balaban J connectivity index is 1.60. The molecule has 4 rings (SSSR count). The number of aromatic nitrogens is 5. The molecule has 21 heavy (non-hydrogen) atoms. The molecule has 0 bridgehead atoms. The summed E-state index contributed by atoms with van der Waals surface area (Å²) in [5.41, 5.74) is 1.04. The molecule has 1 aromatic carbocycles. The van der Waals surface area contributed by atoms with E-state index >= 15 is 0 Å². The van der Waals surface area contributed by atoms with Crippen molar-refractivity contribution in [2.24, 2.45) is 0 Å². The second-order valence-electron chi connectivity index (χ2n) is 5.25. The normalized spacial score (nSPS) is 16.6. The number of rotatable bonds is 3. The lowest BCUT2D eigenvalue weighted by molar-refractivity contribution is 0.307. The highest BCUT2D eigenvalue weighted by Gasteiger charge is 2.21. The summed E-state index contributed by atoms with van der Waals surface area (Å²) in [6.07, 6.45) is 6.24. The molecular weight excluding hydrogens is 302 g/mol. The van der Waals surface area contributed by atoms with Gasteiger partial charge in [-0.1, -0.05) is 31.4 Å². The van der Waals surface area contributed by atoms with E-state index in [-0.39, 0.29) is 0 Å². The van der Waals surface area contributed by atoms with Gasteiger partial charge in [0.25, 0.3) is 0 Å². The minimum absolute atomic E-state index is 0.450. The van der Waals surface area contributed by atoms with Crippen LogP contribution < -0.4 is 0 Å². The van der Waals surface area contributed by atoms with Crippen molar-refractivity contribution in [2.45, 2.75) is 47.6 Å². The van der Waals surface area contributed by atoms with Crippen LogP contribution in [0.15, 0.2) is 33.8 Å². The number of thiazole rings is 1. The van der Waals surface area contributed by atoms with E-state index in [1.54, 1.807) is 23.1 Å². The molecule has 0 radical (unpaired) electrons. The summed E-state index contributed by atoms with van der Waals surface area (Å²) in [6.45, 7) is 0. The Bertz CT molecular complexity index is 712. The highest BCUT2D eigenvalue weighted by atomic mass is 32.2. The maximum absolute atomic E-state index is 4.65. The van der Waals surface area contributed by atoms with Crippen LogP contribution in [0.2, 0.25) is 0 Å². The maximum Gasteiger partial charge on any atom is 0.216 e. The highest BCUT2D eigenvalue weighted by Crippen LogP contribution is 2.36. The van der Waals surface area contributed by atoms with Crippen LogP contribution in [0, 0.1) is 0 Å². The van der Waals surface area contributed by atoms with E-state index in [0.717, 1.165) is 15.0 Å². The third kappa shape index (κ3) is 2.67. The Morgan fingerprint density at radius 2 is 2.00 bits per heavy atom. The van der Waals surface area contributed by atoms with Gasteiger partial charge in [-0.05, 0) is 47.2 Å². The average molecular weight is 317 g/mol. The molecule has 108 valence electrons. The lowest BCUT2D eigenvalue weighted by Gasteiger charge is -2.21. The topological polar surface area (TPSA) is 56.5 Å². The lowest BCUT2D eigenvalue weighted by Crippen LogP contribution is -2.15. The summed E-state index contributed by atoms with van der Waals surface area (Å²) < 4.78 is 4.20. The van der Waals surface area contributed by atoms with E-state index in [0.29, 0.717) is 6.04 Å². The Morgan fingerprint density at radius 1 is 1.14 bits per heavy atom. The van der Waals surface area contributed by atoms with Gasteiger partial charge in [0.1, 0.15) is 0 Å². The number of fused-ring (bicyclic) bond motifs is 1. The number of tetrazole rings is 1. The van der Waals surface area contributed by atoms with Crippen LogP contribution in [0.3, 0.4) is 0 Å². The van der Waals surface area contributed by atoms with E-state index in [2.05, 4.69) is 26.6 Å². The smallest absolute Gasteiger partial charge is 0.216 e. The van der Waals surface area contributed by atoms with Gasteiger partial charge in [0.15, 0.2) is 4.34 Å². The molecule has 0 saturated heterocycles. The van der Waals surface area contributed by atoms with Crippen LogP contribution in [0.4, 0.5) is 0 Å². The largest absolute Gasteiger partial charge is 0.229 e. The number of hydrogen-bond acceptors (Lipinski definition) is 6. The minimum Gasteiger partial charge on any atom is -0.229 e. The molecule has 1 fully saturated rings. The first-order chi connectivity index (χ1) is 10.4. The molecule has 7 heteroatoms. The van der Waals surface area contributed by atoms with Crippen molar-refractivity contribution in [2.75, 3.05) is 0 Å². The van der Waals surface area contributed by atoms with Gasteiger partial charge in [0.2, 0.25) is 5.16 Å². The van der Waals surface area contributed by atoms with Crippen molar-refractivity contribution in [3.8, 4) is 0 Å².